The van der Waals surface area contributed by atoms with Crippen LogP contribution >= 0.6 is 11.6 Å². The zero-order valence-corrected chi connectivity index (χ0v) is 14.3. The van der Waals surface area contributed by atoms with Gasteiger partial charge in [0, 0.05) is 26.2 Å². The van der Waals surface area contributed by atoms with Crippen LogP contribution in [-0.2, 0) is 11.3 Å². The third kappa shape index (κ3) is 6.82. The number of hydrogen-bond donors (Lipinski definition) is 1. The summed E-state index contributed by atoms with van der Waals surface area (Å²) in [5, 5.41) is 3.98. The van der Waals surface area contributed by atoms with Gasteiger partial charge in [-0.1, -0.05) is 17.7 Å². The molecule has 0 bridgehead atoms. The third-order valence-corrected chi connectivity index (χ3v) is 3.19. The molecule has 0 heterocycles. The Balaban J connectivity index is 2.52. The molecule has 21 heavy (non-hydrogen) atoms. The van der Waals surface area contributed by atoms with Gasteiger partial charge in [0.25, 0.3) is 0 Å². The smallest absolute Gasteiger partial charge is 0.225 e. The Bertz CT molecular complexity index is 482. The summed E-state index contributed by atoms with van der Waals surface area (Å²) >= 11 is 6.21. The molecule has 0 aliphatic carbocycles. The van der Waals surface area contributed by atoms with Gasteiger partial charge in [0.05, 0.1) is 18.1 Å². The van der Waals surface area contributed by atoms with E-state index in [1.54, 1.807) is 19.0 Å². The van der Waals surface area contributed by atoms with Crippen molar-refractivity contribution in [2.45, 2.75) is 39.3 Å². The van der Waals surface area contributed by atoms with Gasteiger partial charge in [-0.25, -0.2) is 0 Å². The van der Waals surface area contributed by atoms with E-state index in [2.05, 4.69) is 26.1 Å². The van der Waals surface area contributed by atoms with Crippen LogP contribution in [0.25, 0.3) is 0 Å². The molecule has 1 N–H and O–H groups in total. The highest BCUT2D eigenvalue weighted by molar-refractivity contribution is 6.32. The molecule has 1 aromatic rings. The number of nitrogens with one attached hydrogen (secondary N) is 1. The van der Waals surface area contributed by atoms with E-state index < -0.39 is 0 Å². The van der Waals surface area contributed by atoms with Crippen molar-refractivity contribution in [3.05, 3.63) is 28.8 Å². The maximum Gasteiger partial charge on any atom is 0.225 e. The summed E-state index contributed by atoms with van der Waals surface area (Å²) in [5.41, 5.74) is 1.17. The Morgan fingerprint density at radius 3 is 2.52 bits per heavy atom. The normalized spacial score (nSPS) is 11.3. The van der Waals surface area contributed by atoms with Crippen LogP contribution in [0.3, 0.4) is 0 Å². The van der Waals surface area contributed by atoms with Crippen LogP contribution in [0.1, 0.15) is 32.8 Å². The lowest BCUT2D eigenvalue weighted by molar-refractivity contribution is -0.129. The van der Waals surface area contributed by atoms with Crippen molar-refractivity contribution in [2.24, 2.45) is 0 Å². The van der Waals surface area contributed by atoms with Crippen LogP contribution in [0.4, 0.5) is 0 Å². The van der Waals surface area contributed by atoms with Crippen molar-refractivity contribution >= 4 is 17.5 Å². The van der Waals surface area contributed by atoms with Crippen LogP contribution < -0.4 is 10.1 Å². The summed E-state index contributed by atoms with van der Waals surface area (Å²) in [6.07, 6.45) is 0.344. The molecule has 0 aromatic heterocycles. The Morgan fingerprint density at radius 2 is 2.00 bits per heavy atom. The molecule has 0 unspecified atom stereocenters. The molecule has 1 aromatic carbocycles. The second-order valence-corrected chi connectivity index (χ2v) is 6.66. The van der Waals surface area contributed by atoms with E-state index in [4.69, 9.17) is 16.3 Å². The zero-order chi connectivity index (χ0) is 16.0. The van der Waals surface area contributed by atoms with Gasteiger partial charge in [0.2, 0.25) is 5.91 Å². The van der Waals surface area contributed by atoms with E-state index in [1.165, 1.54) is 0 Å². The Labute approximate surface area is 132 Å². The first-order chi connectivity index (χ1) is 9.69. The highest BCUT2D eigenvalue weighted by atomic mass is 35.5. The maximum absolute atomic E-state index is 11.5. The van der Waals surface area contributed by atoms with E-state index in [0.29, 0.717) is 23.8 Å². The predicted octanol–water partition coefficient (Wildman–Crippen LogP) is 3.09. The van der Waals surface area contributed by atoms with Crippen molar-refractivity contribution in [3.8, 4) is 5.75 Å². The monoisotopic (exact) mass is 312 g/mol. The molecular weight excluding hydrogens is 288 g/mol. The highest BCUT2D eigenvalue weighted by Crippen LogP contribution is 2.25. The van der Waals surface area contributed by atoms with E-state index >= 15 is 0 Å². The molecule has 1 amide bonds. The first-order valence-electron chi connectivity index (χ1n) is 7.05. The molecule has 0 aliphatic rings. The SMILES string of the molecule is CN(C)C(=O)CCOc1ccc(CNC(C)(C)C)cc1Cl. The predicted molar refractivity (Wildman–Crippen MR) is 86.9 cm³/mol. The van der Waals surface area contributed by atoms with Crippen molar-refractivity contribution in [3.63, 3.8) is 0 Å². The largest absolute Gasteiger partial charge is 0.491 e. The second-order valence-electron chi connectivity index (χ2n) is 6.25. The van der Waals surface area contributed by atoms with Crippen LogP contribution in [0.15, 0.2) is 18.2 Å². The Kier molecular flexibility index (Phi) is 6.49. The van der Waals surface area contributed by atoms with E-state index in [-0.39, 0.29) is 11.4 Å². The lowest BCUT2D eigenvalue weighted by Gasteiger charge is -2.20. The average Bonchev–Trinajstić information content (AvgIpc) is 2.37. The van der Waals surface area contributed by atoms with Gasteiger partial charge >= 0.3 is 0 Å². The molecule has 0 saturated carbocycles. The highest BCUT2D eigenvalue weighted by Gasteiger charge is 2.10. The number of amides is 1. The summed E-state index contributed by atoms with van der Waals surface area (Å²) in [7, 11) is 3.46. The number of carbonyl (C=O) groups excluding carboxylic acids is 1. The van der Waals surface area contributed by atoms with Gasteiger partial charge in [0.15, 0.2) is 0 Å². The minimum Gasteiger partial charge on any atom is -0.491 e. The lowest BCUT2D eigenvalue weighted by atomic mass is 10.1. The number of nitrogens with zero attached hydrogens (tertiary/aromatic N) is 1. The number of hydrogen-bond acceptors (Lipinski definition) is 3. The molecule has 4 nitrogen and oxygen atoms in total. The number of carbonyl (C=O) groups is 1. The third-order valence-electron chi connectivity index (χ3n) is 2.89. The number of rotatable bonds is 6. The van der Waals surface area contributed by atoms with Gasteiger partial charge in [-0.3, -0.25) is 4.79 Å². The van der Waals surface area contributed by atoms with Gasteiger partial charge < -0.3 is 15.0 Å². The minimum absolute atomic E-state index is 0.0390. The number of benzene rings is 1. The molecule has 1 rings (SSSR count). The second kappa shape index (κ2) is 7.66. The van der Waals surface area contributed by atoms with Crippen molar-refractivity contribution in [2.75, 3.05) is 20.7 Å². The Hall–Kier alpha value is -1.26. The standard InChI is InChI=1S/C16H25ClN2O2/c1-16(2,3)18-11-12-6-7-14(13(17)10-12)21-9-8-15(20)19(4)5/h6-7,10,18H,8-9,11H2,1-5H3. The van der Waals surface area contributed by atoms with Gasteiger partial charge in [-0.05, 0) is 38.5 Å². The average molecular weight is 313 g/mol. The summed E-state index contributed by atoms with van der Waals surface area (Å²) in [4.78, 5) is 13.0. The summed E-state index contributed by atoms with van der Waals surface area (Å²) in [6, 6.07) is 5.72. The fourth-order valence-electron chi connectivity index (χ4n) is 1.61. The van der Waals surface area contributed by atoms with Crippen LogP contribution in [0.2, 0.25) is 5.02 Å². The molecule has 5 heteroatoms. The molecule has 0 fully saturated rings. The van der Waals surface area contributed by atoms with Crippen molar-refractivity contribution in [1.29, 1.82) is 0 Å². The molecule has 0 atom stereocenters. The fourth-order valence-corrected chi connectivity index (χ4v) is 1.87. The molecule has 0 spiro atoms. The quantitative estimate of drug-likeness (QED) is 0.877. The Morgan fingerprint density at radius 1 is 1.33 bits per heavy atom. The minimum atomic E-state index is 0.0390. The van der Waals surface area contributed by atoms with E-state index in [0.717, 1.165) is 12.1 Å². The number of halogens is 1. The van der Waals surface area contributed by atoms with Crippen molar-refractivity contribution < 1.29 is 9.53 Å². The molecule has 0 aliphatic heterocycles. The van der Waals surface area contributed by atoms with E-state index in [9.17, 15) is 4.79 Å². The lowest BCUT2D eigenvalue weighted by Crippen LogP contribution is -2.35. The van der Waals surface area contributed by atoms with Crippen molar-refractivity contribution in [1.82, 2.24) is 10.2 Å². The maximum atomic E-state index is 11.5. The van der Waals surface area contributed by atoms with E-state index in [1.807, 2.05) is 18.2 Å². The van der Waals surface area contributed by atoms with Crippen LogP contribution in [0, 0.1) is 0 Å². The summed E-state index contributed by atoms with van der Waals surface area (Å²) in [6.45, 7) is 7.44. The van der Waals surface area contributed by atoms with Gasteiger partial charge in [0.1, 0.15) is 5.75 Å². The molecule has 0 radical (unpaired) electrons. The molecule has 118 valence electrons. The molecular formula is C16H25ClN2O2. The van der Waals surface area contributed by atoms with Gasteiger partial charge in [-0.15, -0.1) is 0 Å². The van der Waals surface area contributed by atoms with Crippen LogP contribution in [0.5, 0.6) is 5.75 Å². The molecule has 0 saturated heterocycles. The fraction of sp³-hybridized carbons (Fsp3) is 0.562. The van der Waals surface area contributed by atoms with Gasteiger partial charge in [-0.2, -0.15) is 0 Å². The summed E-state index contributed by atoms with van der Waals surface area (Å²) in [5.74, 6) is 0.653. The summed E-state index contributed by atoms with van der Waals surface area (Å²) < 4.78 is 5.56. The first kappa shape index (κ1) is 17.8. The topological polar surface area (TPSA) is 41.6 Å². The van der Waals surface area contributed by atoms with Crippen LogP contribution in [-0.4, -0.2) is 37.0 Å². The zero-order valence-electron chi connectivity index (χ0n) is 13.5. The first-order valence-corrected chi connectivity index (χ1v) is 7.43. The number of ether oxygens (including phenoxy) is 1.